The third-order valence-corrected chi connectivity index (χ3v) is 4.31. The van der Waals surface area contributed by atoms with Crippen LogP contribution in [0.15, 0.2) is 30.5 Å². The lowest BCUT2D eigenvalue weighted by atomic mass is 10.2. The molecule has 0 fully saturated rings. The van der Waals surface area contributed by atoms with Crippen molar-refractivity contribution >= 4 is 38.5 Å². The van der Waals surface area contributed by atoms with E-state index in [1.807, 2.05) is 19.9 Å². The number of fused-ring (bicyclic) bond motifs is 1. The van der Waals surface area contributed by atoms with Crippen molar-refractivity contribution in [1.82, 2.24) is 19.7 Å². The average molecular weight is 376 g/mol. The summed E-state index contributed by atoms with van der Waals surface area (Å²) in [5, 5.41) is 10.1. The maximum Gasteiger partial charge on any atom is 0.248 e. The largest absolute Gasteiger partial charge is 0.338 e. The predicted octanol–water partition coefficient (Wildman–Crippen LogP) is 1.89. The van der Waals surface area contributed by atoms with Gasteiger partial charge in [0.1, 0.15) is 12.4 Å². The van der Waals surface area contributed by atoms with Crippen LogP contribution in [0.5, 0.6) is 0 Å². The summed E-state index contributed by atoms with van der Waals surface area (Å²) in [6.45, 7) is 4.00. The number of aromatic amines is 1. The molecule has 0 saturated heterocycles. The number of benzene rings is 1. The number of anilines is 2. The standard InChI is InChI=1S/C16H20N6O3S/c1-10(2)15-18-16(20-19-15)17-14(23)9-22-8-7-11-12(21-26(3,24)25)5-4-6-13(11)22/h4-8,10,21H,9H2,1-3H3,(H2,17,18,19,20,23). The Bertz CT molecular complexity index is 1050. The van der Waals surface area contributed by atoms with Crippen molar-refractivity contribution in [2.45, 2.75) is 26.3 Å². The minimum Gasteiger partial charge on any atom is -0.338 e. The molecule has 0 saturated carbocycles. The van der Waals surface area contributed by atoms with E-state index in [4.69, 9.17) is 0 Å². The van der Waals surface area contributed by atoms with E-state index >= 15 is 0 Å². The zero-order chi connectivity index (χ0) is 18.9. The smallest absolute Gasteiger partial charge is 0.248 e. The van der Waals surface area contributed by atoms with Gasteiger partial charge < -0.3 is 4.57 Å². The molecule has 0 radical (unpaired) electrons. The number of carbonyl (C=O) groups is 1. The Labute approximate surface area is 150 Å². The van der Waals surface area contributed by atoms with Gasteiger partial charge in [-0.15, -0.1) is 5.10 Å². The van der Waals surface area contributed by atoms with Crippen molar-refractivity contribution < 1.29 is 13.2 Å². The summed E-state index contributed by atoms with van der Waals surface area (Å²) >= 11 is 0. The minimum absolute atomic E-state index is 0.0530. The lowest BCUT2D eigenvalue weighted by Gasteiger charge is -2.08. The number of H-pyrrole nitrogens is 1. The molecular formula is C16H20N6O3S. The van der Waals surface area contributed by atoms with Gasteiger partial charge >= 0.3 is 0 Å². The average Bonchev–Trinajstić information content (AvgIpc) is 3.14. The highest BCUT2D eigenvalue weighted by Crippen LogP contribution is 2.25. The van der Waals surface area contributed by atoms with Gasteiger partial charge in [-0.3, -0.25) is 19.9 Å². The Morgan fingerprint density at radius 1 is 1.31 bits per heavy atom. The molecule has 138 valence electrons. The normalized spacial score (nSPS) is 11.8. The fourth-order valence-electron chi connectivity index (χ4n) is 2.56. The molecule has 0 unspecified atom stereocenters. The first-order valence-corrected chi connectivity index (χ1v) is 9.90. The van der Waals surface area contributed by atoms with Crippen molar-refractivity contribution in [1.29, 1.82) is 0 Å². The number of aromatic nitrogens is 4. The van der Waals surface area contributed by atoms with E-state index in [1.165, 1.54) is 0 Å². The van der Waals surface area contributed by atoms with Crippen LogP contribution in [0.1, 0.15) is 25.6 Å². The van der Waals surface area contributed by atoms with Gasteiger partial charge in [-0.1, -0.05) is 19.9 Å². The molecule has 2 heterocycles. The fourth-order valence-corrected chi connectivity index (χ4v) is 3.13. The second kappa shape index (κ2) is 6.79. The molecule has 2 aromatic heterocycles. The highest BCUT2D eigenvalue weighted by atomic mass is 32.2. The lowest BCUT2D eigenvalue weighted by molar-refractivity contribution is -0.116. The predicted molar refractivity (Wildman–Crippen MR) is 99.5 cm³/mol. The summed E-state index contributed by atoms with van der Waals surface area (Å²) < 4.78 is 27.2. The second-order valence-corrected chi connectivity index (χ2v) is 8.05. The third-order valence-electron chi connectivity index (χ3n) is 3.72. The van der Waals surface area contributed by atoms with Gasteiger partial charge in [0, 0.05) is 17.5 Å². The van der Waals surface area contributed by atoms with Gasteiger partial charge in [-0.05, 0) is 18.2 Å². The third kappa shape index (κ3) is 4.02. The molecule has 9 nitrogen and oxygen atoms in total. The Kier molecular flexibility index (Phi) is 4.68. The molecule has 3 rings (SSSR count). The van der Waals surface area contributed by atoms with Crippen LogP contribution in [0.2, 0.25) is 0 Å². The monoisotopic (exact) mass is 376 g/mol. The summed E-state index contributed by atoms with van der Waals surface area (Å²) in [5.74, 6) is 0.832. The highest BCUT2D eigenvalue weighted by Gasteiger charge is 2.13. The Morgan fingerprint density at radius 3 is 2.73 bits per heavy atom. The second-order valence-electron chi connectivity index (χ2n) is 6.30. The summed E-state index contributed by atoms with van der Waals surface area (Å²) in [7, 11) is -3.39. The maximum atomic E-state index is 12.3. The molecule has 0 aliphatic rings. The highest BCUT2D eigenvalue weighted by molar-refractivity contribution is 7.92. The first-order chi connectivity index (χ1) is 12.2. The molecule has 0 bridgehead atoms. The van der Waals surface area contributed by atoms with Gasteiger partial charge in [0.25, 0.3) is 0 Å². The van der Waals surface area contributed by atoms with Crippen LogP contribution in [-0.4, -0.2) is 40.3 Å². The number of sulfonamides is 1. The van der Waals surface area contributed by atoms with Gasteiger partial charge in [-0.2, -0.15) is 4.98 Å². The van der Waals surface area contributed by atoms with Crippen molar-refractivity contribution in [2.24, 2.45) is 0 Å². The van der Waals surface area contributed by atoms with Crippen LogP contribution in [0.25, 0.3) is 10.9 Å². The van der Waals surface area contributed by atoms with E-state index in [2.05, 4.69) is 25.2 Å². The van der Waals surface area contributed by atoms with Gasteiger partial charge in [0.15, 0.2) is 0 Å². The molecule has 0 spiro atoms. The van der Waals surface area contributed by atoms with Crippen molar-refractivity contribution in [3.8, 4) is 0 Å². The van der Waals surface area contributed by atoms with Crippen LogP contribution < -0.4 is 10.0 Å². The van der Waals surface area contributed by atoms with Gasteiger partial charge in [0.05, 0.1) is 17.5 Å². The van der Waals surface area contributed by atoms with Crippen molar-refractivity contribution in [2.75, 3.05) is 16.3 Å². The topological polar surface area (TPSA) is 122 Å². The lowest BCUT2D eigenvalue weighted by Crippen LogP contribution is -2.19. The molecule has 0 aliphatic carbocycles. The van der Waals surface area contributed by atoms with E-state index in [1.54, 1.807) is 29.0 Å². The van der Waals surface area contributed by atoms with Crippen LogP contribution >= 0.6 is 0 Å². The van der Waals surface area contributed by atoms with Crippen LogP contribution in [-0.2, 0) is 21.4 Å². The van der Waals surface area contributed by atoms with Crippen LogP contribution in [0.4, 0.5) is 11.6 Å². The van der Waals surface area contributed by atoms with Gasteiger partial charge in [-0.25, -0.2) is 8.42 Å². The SMILES string of the molecule is CC(C)c1nc(NC(=O)Cn2ccc3c(NS(C)(=O)=O)cccc32)n[nH]1. The molecule has 26 heavy (non-hydrogen) atoms. The Morgan fingerprint density at radius 2 is 2.08 bits per heavy atom. The molecule has 1 aromatic carbocycles. The van der Waals surface area contributed by atoms with Gasteiger partial charge in [0.2, 0.25) is 21.9 Å². The minimum atomic E-state index is -3.39. The maximum absolute atomic E-state index is 12.3. The zero-order valence-corrected chi connectivity index (χ0v) is 15.5. The Hall–Kier alpha value is -2.88. The van der Waals surface area contributed by atoms with E-state index in [0.29, 0.717) is 16.9 Å². The zero-order valence-electron chi connectivity index (χ0n) is 14.6. The number of carbonyl (C=O) groups excluding carboxylic acids is 1. The fraction of sp³-hybridized carbons (Fsp3) is 0.312. The molecule has 0 aliphatic heterocycles. The number of nitrogens with one attached hydrogen (secondary N) is 3. The molecule has 0 atom stereocenters. The molecular weight excluding hydrogens is 356 g/mol. The van der Waals surface area contributed by atoms with E-state index < -0.39 is 10.0 Å². The summed E-state index contributed by atoms with van der Waals surface area (Å²) in [6.07, 6.45) is 2.83. The van der Waals surface area contributed by atoms with Crippen LogP contribution in [0, 0.1) is 0 Å². The summed E-state index contributed by atoms with van der Waals surface area (Å²) in [6, 6.07) is 6.99. The molecule has 3 aromatic rings. The number of hydrogen-bond acceptors (Lipinski definition) is 5. The quantitative estimate of drug-likeness (QED) is 0.606. The van der Waals surface area contributed by atoms with E-state index in [0.717, 1.165) is 11.8 Å². The molecule has 1 amide bonds. The summed E-state index contributed by atoms with van der Waals surface area (Å²) in [4.78, 5) is 16.5. The Balaban J connectivity index is 1.78. The number of nitrogens with zero attached hydrogens (tertiary/aromatic N) is 3. The van der Waals surface area contributed by atoms with E-state index in [-0.39, 0.29) is 24.3 Å². The number of rotatable bonds is 6. The van der Waals surface area contributed by atoms with Crippen LogP contribution in [0.3, 0.4) is 0 Å². The molecule has 3 N–H and O–H groups in total. The van der Waals surface area contributed by atoms with Crippen molar-refractivity contribution in [3.63, 3.8) is 0 Å². The van der Waals surface area contributed by atoms with Crippen molar-refractivity contribution in [3.05, 3.63) is 36.3 Å². The number of hydrogen-bond donors (Lipinski definition) is 3. The first-order valence-electron chi connectivity index (χ1n) is 8.01. The number of amides is 1. The molecule has 10 heteroatoms. The summed E-state index contributed by atoms with van der Waals surface area (Å²) in [5.41, 5.74) is 1.21. The first kappa shape index (κ1) is 17.9. The van der Waals surface area contributed by atoms with E-state index in [9.17, 15) is 13.2 Å².